The Morgan fingerprint density at radius 3 is 2.60 bits per heavy atom. The van der Waals surface area contributed by atoms with Crippen molar-refractivity contribution in [2.24, 2.45) is 0 Å². The van der Waals surface area contributed by atoms with E-state index in [2.05, 4.69) is 0 Å². The van der Waals surface area contributed by atoms with Crippen molar-refractivity contribution in [2.45, 2.75) is 24.9 Å². The van der Waals surface area contributed by atoms with Crippen molar-refractivity contribution in [3.8, 4) is 0 Å². The SMILES string of the molecule is CO[C@@H]1C[C@@H](O)[C@H](O)CO1. The van der Waals surface area contributed by atoms with E-state index in [9.17, 15) is 0 Å². The lowest BCUT2D eigenvalue weighted by Gasteiger charge is -2.29. The van der Waals surface area contributed by atoms with E-state index < -0.39 is 12.2 Å². The van der Waals surface area contributed by atoms with Crippen molar-refractivity contribution in [3.63, 3.8) is 0 Å². The Labute approximate surface area is 59.4 Å². The molecule has 4 nitrogen and oxygen atoms in total. The van der Waals surface area contributed by atoms with Gasteiger partial charge in [0.2, 0.25) is 0 Å². The standard InChI is InChI=1S/C6H12O4/c1-9-6-2-4(7)5(8)3-10-6/h4-8H,2-3H2,1H3/t4-,5-,6+/m1/s1. The fourth-order valence-corrected chi connectivity index (χ4v) is 0.904. The quantitative estimate of drug-likeness (QED) is 0.506. The summed E-state index contributed by atoms with van der Waals surface area (Å²) >= 11 is 0. The summed E-state index contributed by atoms with van der Waals surface area (Å²) in [6, 6.07) is 0. The fraction of sp³-hybridized carbons (Fsp3) is 1.00. The van der Waals surface area contributed by atoms with Gasteiger partial charge in [0.15, 0.2) is 6.29 Å². The minimum absolute atomic E-state index is 0.152. The first kappa shape index (κ1) is 7.94. The van der Waals surface area contributed by atoms with Crippen LogP contribution in [0.2, 0.25) is 0 Å². The molecule has 3 atom stereocenters. The maximum Gasteiger partial charge on any atom is 0.159 e. The Morgan fingerprint density at radius 2 is 2.10 bits per heavy atom. The molecule has 4 heteroatoms. The van der Waals surface area contributed by atoms with Crippen LogP contribution in [-0.2, 0) is 9.47 Å². The van der Waals surface area contributed by atoms with Crippen LogP contribution in [0.4, 0.5) is 0 Å². The Morgan fingerprint density at radius 1 is 1.40 bits per heavy atom. The highest BCUT2D eigenvalue weighted by atomic mass is 16.7. The number of hydrogen-bond donors (Lipinski definition) is 2. The minimum atomic E-state index is -0.758. The van der Waals surface area contributed by atoms with Crippen molar-refractivity contribution in [2.75, 3.05) is 13.7 Å². The summed E-state index contributed by atoms with van der Waals surface area (Å²) in [6.07, 6.45) is -1.49. The van der Waals surface area contributed by atoms with Gasteiger partial charge in [-0.2, -0.15) is 0 Å². The second-order valence-electron chi connectivity index (χ2n) is 2.37. The Hall–Kier alpha value is -0.160. The van der Waals surface area contributed by atoms with Gasteiger partial charge in [-0.3, -0.25) is 0 Å². The van der Waals surface area contributed by atoms with Crippen LogP contribution in [0.3, 0.4) is 0 Å². The van der Waals surface area contributed by atoms with Crippen LogP contribution in [-0.4, -0.2) is 42.4 Å². The molecule has 1 fully saturated rings. The van der Waals surface area contributed by atoms with Crippen LogP contribution >= 0.6 is 0 Å². The molecule has 0 aromatic carbocycles. The van der Waals surface area contributed by atoms with Gasteiger partial charge in [-0.15, -0.1) is 0 Å². The van der Waals surface area contributed by atoms with Crippen LogP contribution in [0.5, 0.6) is 0 Å². The lowest BCUT2D eigenvalue weighted by molar-refractivity contribution is -0.206. The van der Waals surface area contributed by atoms with E-state index in [1.807, 2.05) is 0 Å². The maximum absolute atomic E-state index is 9.07. The zero-order valence-corrected chi connectivity index (χ0v) is 5.86. The molecule has 1 saturated heterocycles. The number of methoxy groups -OCH3 is 1. The van der Waals surface area contributed by atoms with Gasteiger partial charge in [-0.05, 0) is 0 Å². The summed E-state index contributed by atoms with van der Waals surface area (Å²) in [5.41, 5.74) is 0. The van der Waals surface area contributed by atoms with Gasteiger partial charge in [-0.25, -0.2) is 0 Å². The summed E-state index contributed by atoms with van der Waals surface area (Å²) in [4.78, 5) is 0. The average molecular weight is 148 g/mol. The molecule has 0 saturated carbocycles. The zero-order valence-electron chi connectivity index (χ0n) is 5.86. The summed E-state index contributed by atoms with van der Waals surface area (Å²) in [5.74, 6) is 0. The van der Waals surface area contributed by atoms with Crippen molar-refractivity contribution in [1.82, 2.24) is 0 Å². The molecule has 0 aromatic heterocycles. The normalized spacial score (nSPS) is 41.7. The molecule has 60 valence electrons. The predicted octanol–water partition coefficient (Wildman–Crippen LogP) is -0.899. The highest BCUT2D eigenvalue weighted by Crippen LogP contribution is 2.14. The van der Waals surface area contributed by atoms with Crippen LogP contribution in [0, 0.1) is 0 Å². The Bertz CT molecular complexity index is 106. The molecule has 2 N–H and O–H groups in total. The van der Waals surface area contributed by atoms with Gasteiger partial charge in [0, 0.05) is 13.5 Å². The molecule has 1 heterocycles. The molecule has 0 unspecified atom stereocenters. The summed E-state index contributed by atoms with van der Waals surface area (Å²) in [7, 11) is 1.51. The Kier molecular flexibility index (Phi) is 2.62. The number of ether oxygens (including phenoxy) is 2. The van der Waals surface area contributed by atoms with Crippen molar-refractivity contribution in [3.05, 3.63) is 0 Å². The van der Waals surface area contributed by atoms with E-state index in [0.717, 1.165) is 0 Å². The predicted molar refractivity (Wildman–Crippen MR) is 33.4 cm³/mol. The number of hydrogen-bond acceptors (Lipinski definition) is 4. The highest BCUT2D eigenvalue weighted by Gasteiger charge is 2.27. The number of aliphatic hydroxyl groups is 2. The van der Waals surface area contributed by atoms with Gasteiger partial charge in [-0.1, -0.05) is 0 Å². The number of aliphatic hydroxyl groups excluding tert-OH is 2. The maximum atomic E-state index is 9.07. The van der Waals surface area contributed by atoms with Gasteiger partial charge in [0.25, 0.3) is 0 Å². The van der Waals surface area contributed by atoms with Crippen molar-refractivity contribution in [1.29, 1.82) is 0 Å². The fourth-order valence-electron chi connectivity index (χ4n) is 0.904. The largest absolute Gasteiger partial charge is 0.390 e. The first-order valence-corrected chi connectivity index (χ1v) is 3.24. The molecule has 1 aliphatic heterocycles. The third kappa shape index (κ3) is 1.67. The zero-order chi connectivity index (χ0) is 7.56. The second-order valence-corrected chi connectivity index (χ2v) is 2.37. The van der Waals surface area contributed by atoms with E-state index in [4.69, 9.17) is 19.7 Å². The molecule has 0 radical (unpaired) electrons. The van der Waals surface area contributed by atoms with Crippen LogP contribution < -0.4 is 0 Å². The summed E-state index contributed by atoms with van der Waals surface area (Å²) in [6.45, 7) is 0.152. The number of rotatable bonds is 1. The molecule has 0 aromatic rings. The Balaban J connectivity index is 2.33. The molecule has 0 spiro atoms. The van der Waals surface area contributed by atoms with Gasteiger partial charge in [0.1, 0.15) is 6.10 Å². The van der Waals surface area contributed by atoms with Gasteiger partial charge < -0.3 is 19.7 Å². The molecule has 0 aliphatic carbocycles. The van der Waals surface area contributed by atoms with E-state index in [-0.39, 0.29) is 12.9 Å². The monoisotopic (exact) mass is 148 g/mol. The first-order chi connectivity index (χ1) is 4.74. The average Bonchev–Trinajstić information content (AvgIpc) is 1.95. The topological polar surface area (TPSA) is 58.9 Å². The van der Waals surface area contributed by atoms with Crippen LogP contribution in [0.1, 0.15) is 6.42 Å². The molecule has 10 heavy (non-hydrogen) atoms. The molecule has 0 bridgehead atoms. The van der Waals surface area contributed by atoms with Crippen molar-refractivity contribution < 1.29 is 19.7 Å². The molecule has 0 amide bonds. The molecule has 1 rings (SSSR count). The van der Waals surface area contributed by atoms with E-state index >= 15 is 0 Å². The first-order valence-electron chi connectivity index (χ1n) is 3.24. The van der Waals surface area contributed by atoms with Crippen LogP contribution in [0.15, 0.2) is 0 Å². The van der Waals surface area contributed by atoms with Crippen LogP contribution in [0.25, 0.3) is 0 Å². The highest BCUT2D eigenvalue weighted by molar-refractivity contribution is 4.72. The third-order valence-electron chi connectivity index (χ3n) is 1.59. The molecular formula is C6H12O4. The van der Waals surface area contributed by atoms with Gasteiger partial charge >= 0.3 is 0 Å². The lowest BCUT2D eigenvalue weighted by atomic mass is 10.1. The summed E-state index contributed by atoms with van der Waals surface area (Å²) < 4.78 is 9.79. The second kappa shape index (κ2) is 3.30. The molecular weight excluding hydrogens is 136 g/mol. The smallest absolute Gasteiger partial charge is 0.159 e. The summed E-state index contributed by atoms with van der Waals surface area (Å²) in [5, 5.41) is 18.0. The minimum Gasteiger partial charge on any atom is -0.390 e. The lowest BCUT2D eigenvalue weighted by Crippen LogP contribution is -2.41. The van der Waals surface area contributed by atoms with E-state index in [0.29, 0.717) is 6.42 Å². The van der Waals surface area contributed by atoms with E-state index in [1.54, 1.807) is 0 Å². The third-order valence-corrected chi connectivity index (χ3v) is 1.59. The van der Waals surface area contributed by atoms with Gasteiger partial charge in [0.05, 0.1) is 12.7 Å². The molecule has 1 aliphatic rings. The van der Waals surface area contributed by atoms with E-state index in [1.165, 1.54) is 7.11 Å². The van der Waals surface area contributed by atoms with Crippen molar-refractivity contribution >= 4 is 0 Å².